The molecule has 0 bridgehead atoms. The fourth-order valence-corrected chi connectivity index (χ4v) is 2.26. The number of halogens is 2. The lowest BCUT2D eigenvalue weighted by Gasteiger charge is -2.23. The molecule has 116 valence electrons. The van der Waals surface area contributed by atoms with E-state index in [9.17, 15) is 9.59 Å². The molecule has 0 saturated heterocycles. The molecule has 7 heteroatoms. The number of carbonyl (C=O) groups is 2. The molecule has 0 radical (unpaired) electrons. The summed E-state index contributed by atoms with van der Waals surface area (Å²) in [4.78, 5) is 23.3. The number of rotatable bonds is 6. The van der Waals surface area contributed by atoms with Gasteiger partial charge in [0.15, 0.2) is 5.75 Å². The van der Waals surface area contributed by atoms with Crippen LogP contribution in [0.1, 0.15) is 30.6 Å². The predicted molar refractivity (Wildman–Crippen MR) is 81.4 cm³/mol. The van der Waals surface area contributed by atoms with Crippen molar-refractivity contribution in [3.63, 3.8) is 0 Å². The molecule has 1 amide bonds. The van der Waals surface area contributed by atoms with E-state index in [1.165, 1.54) is 19.2 Å². The van der Waals surface area contributed by atoms with Crippen LogP contribution in [0, 0.1) is 5.41 Å². The monoisotopic (exact) mass is 333 g/mol. The van der Waals surface area contributed by atoms with E-state index in [0.717, 1.165) is 0 Å². The quantitative estimate of drug-likeness (QED) is 0.837. The number of nitrogens with one attached hydrogen (secondary N) is 1. The highest BCUT2D eigenvalue weighted by atomic mass is 35.5. The summed E-state index contributed by atoms with van der Waals surface area (Å²) in [5.41, 5.74) is -0.773. The lowest BCUT2D eigenvalue weighted by atomic mass is 9.87. The first-order valence-corrected chi connectivity index (χ1v) is 7.05. The van der Waals surface area contributed by atoms with Crippen molar-refractivity contribution in [1.29, 1.82) is 0 Å². The van der Waals surface area contributed by atoms with Gasteiger partial charge in [-0.05, 0) is 25.5 Å². The molecule has 0 aliphatic heterocycles. The normalized spacial score (nSPS) is 13.4. The van der Waals surface area contributed by atoms with Crippen LogP contribution in [-0.2, 0) is 4.79 Å². The zero-order valence-corrected chi connectivity index (χ0v) is 13.5. The molecule has 5 nitrogen and oxygen atoms in total. The zero-order chi connectivity index (χ0) is 16.2. The smallest absolute Gasteiger partial charge is 0.311 e. The summed E-state index contributed by atoms with van der Waals surface area (Å²) in [6.07, 6.45) is 0.396. The maximum Gasteiger partial charge on any atom is 0.311 e. The van der Waals surface area contributed by atoms with E-state index in [1.807, 2.05) is 0 Å². The van der Waals surface area contributed by atoms with Crippen molar-refractivity contribution in [2.75, 3.05) is 13.7 Å². The van der Waals surface area contributed by atoms with Crippen LogP contribution >= 0.6 is 23.2 Å². The largest absolute Gasteiger partial charge is 0.494 e. The standard InChI is InChI=1S/C14H17Cl2NO4/c1-4-14(2,13(19)20)7-17-12(18)8-5-9(15)11(21-3)10(16)6-8/h5-6H,4,7H2,1-3H3,(H,17,18)(H,19,20). The van der Waals surface area contributed by atoms with Crippen molar-refractivity contribution in [3.05, 3.63) is 27.7 Å². The van der Waals surface area contributed by atoms with E-state index >= 15 is 0 Å². The van der Waals surface area contributed by atoms with Crippen molar-refractivity contribution in [2.45, 2.75) is 20.3 Å². The summed E-state index contributed by atoms with van der Waals surface area (Å²) in [6.45, 7) is 3.34. The third-order valence-corrected chi connectivity index (χ3v) is 3.96. The molecule has 0 saturated carbocycles. The van der Waals surface area contributed by atoms with E-state index in [4.69, 9.17) is 33.0 Å². The number of amides is 1. The third kappa shape index (κ3) is 4.02. The average Bonchev–Trinajstić information content (AvgIpc) is 2.43. The molecule has 0 aliphatic rings. The van der Waals surface area contributed by atoms with Gasteiger partial charge in [-0.3, -0.25) is 9.59 Å². The first kappa shape index (κ1) is 17.6. The number of carboxylic acid groups (broad SMARTS) is 1. The van der Waals surface area contributed by atoms with Gasteiger partial charge in [0.2, 0.25) is 0 Å². The Morgan fingerprint density at radius 1 is 1.33 bits per heavy atom. The molecule has 21 heavy (non-hydrogen) atoms. The molecule has 0 aliphatic carbocycles. The molecule has 1 unspecified atom stereocenters. The highest BCUT2D eigenvalue weighted by molar-refractivity contribution is 6.37. The molecule has 2 N–H and O–H groups in total. The van der Waals surface area contributed by atoms with Crippen LogP contribution in [-0.4, -0.2) is 30.6 Å². The Kier molecular flexibility index (Phi) is 5.87. The number of carbonyl (C=O) groups excluding carboxylic acids is 1. The van der Waals surface area contributed by atoms with Crippen LogP contribution < -0.4 is 10.1 Å². The number of benzene rings is 1. The van der Waals surface area contributed by atoms with Gasteiger partial charge in [0.25, 0.3) is 5.91 Å². The second kappa shape index (κ2) is 7.00. The van der Waals surface area contributed by atoms with Crippen molar-refractivity contribution >= 4 is 35.1 Å². The van der Waals surface area contributed by atoms with Gasteiger partial charge in [-0.1, -0.05) is 30.1 Å². The Hall–Kier alpha value is -1.46. The van der Waals surface area contributed by atoms with Crippen molar-refractivity contribution in [2.24, 2.45) is 5.41 Å². The Labute approximate surface area is 133 Å². The average molecular weight is 334 g/mol. The second-order valence-electron chi connectivity index (χ2n) is 4.88. The van der Waals surface area contributed by atoms with Crippen molar-refractivity contribution in [3.8, 4) is 5.75 Å². The summed E-state index contributed by atoms with van der Waals surface area (Å²) in [7, 11) is 1.42. The Morgan fingerprint density at radius 2 is 1.86 bits per heavy atom. The summed E-state index contributed by atoms with van der Waals surface area (Å²) in [6, 6.07) is 2.84. The minimum Gasteiger partial charge on any atom is -0.494 e. The van der Waals surface area contributed by atoms with Gasteiger partial charge in [0.1, 0.15) is 0 Å². The van der Waals surface area contributed by atoms with E-state index < -0.39 is 17.3 Å². The number of hydrogen-bond donors (Lipinski definition) is 2. The Morgan fingerprint density at radius 3 is 2.24 bits per heavy atom. The van der Waals surface area contributed by atoms with Gasteiger partial charge >= 0.3 is 5.97 Å². The summed E-state index contributed by atoms with van der Waals surface area (Å²) >= 11 is 11.9. The fourth-order valence-electron chi connectivity index (χ4n) is 1.62. The number of ether oxygens (including phenoxy) is 1. The van der Waals surface area contributed by atoms with Gasteiger partial charge in [-0.2, -0.15) is 0 Å². The van der Waals surface area contributed by atoms with Crippen LogP contribution in [0.4, 0.5) is 0 Å². The highest BCUT2D eigenvalue weighted by Crippen LogP contribution is 2.33. The van der Waals surface area contributed by atoms with Crippen LogP contribution in [0.25, 0.3) is 0 Å². The third-order valence-electron chi connectivity index (χ3n) is 3.40. The fraction of sp³-hybridized carbons (Fsp3) is 0.429. The maximum atomic E-state index is 12.1. The van der Waals surface area contributed by atoms with E-state index in [2.05, 4.69) is 5.32 Å². The molecule has 1 atom stereocenters. The van der Waals surface area contributed by atoms with E-state index in [0.29, 0.717) is 12.2 Å². The Balaban J connectivity index is 2.89. The molecule has 0 aromatic heterocycles. The molecular weight excluding hydrogens is 317 g/mol. The van der Waals surface area contributed by atoms with Crippen LogP contribution in [0.2, 0.25) is 10.0 Å². The van der Waals surface area contributed by atoms with Gasteiger partial charge in [-0.15, -0.1) is 0 Å². The summed E-state index contributed by atoms with van der Waals surface area (Å²) < 4.78 is 5.00. The molecule has 0 heterocycles. The molecule has 0 fully saturated rings. The first-order chi connectivity index (χ1) is 9.75. The number of aliphatic carboxylic acids is 1. The number of hydrogen-bond acceptors (Lipinski definition) is 3. The lowest BCUT2D eigenvalue weighted by molar-refractivity contribution is -0.147. The van der Waals surface area contributed by atoms with Crippen LogP contribution in [0.5, 0.6) is 5.75 Å². The Bertz CT molecular complexity index is 539. The highest BCUT2D eigenvalue weighted by Gasteiger charge is 2.31. The molecular formula is C14H17Cl2NO4. The summed E-state index contributed by atoms with van der Waals surface area (Å²) in [5, 5.41) is 12.2. The van der Waals surface area contributed by atoms with Gasteiger partial charge < -0.3 is 15.2 Å². The SMILES string of the molecule is CCC(C)(CNC(=O)c1cc(Cl)c(OC)c(Cl)c1)C(=O)O. The molecule has 1 rings (SSSR count). The lowest BCUT2D eigenvalue weighted by Crippen LogP contribution is -2.40. The number of carboxylic acids is 1. The van der Waals surface area contributed by atoms with Crippen molar-refractivity contribution in [1.82, 2.24) is 5.32 Å². The van der Waals surface area contributed by atoms with Gasteiger partial charge in [-0.25, -0.2) is 0 Å². The van der Waals surface area contributed by atoms with Crippen LogP contribution in [0.15, 0.2) is 12.1 Å². The summed E-state index contributed by atoms with van der Waals surface area (Å²) in [5.74, 6) is -1.11. The minimum atomic E-state index is -1.02. The van der Waals surface area contributed by atoms with Crippen LogP contribution in [0.3, 0.4) is 0 Å². The van der Waals surface area contributed by atoms with Gasteiger partial charge in [0.05, 0.1) is 22.6 Å². The van der Waals surface area contributed by atoms with Crippen molar-refractivity contribution < 1.29 is 19.4 Å². The molecule has 1 aromatic rings. The molecule has 1 aromatic carbocycles. The second-order valence-corrected chi connectivity index (χ2v) is 5.69. The first-order valence-electron chi connectivity index (χ1n) is 6.29. The van der Waals surface area contributed by atoms with E-state index in [1.54, 1.807) is 13.8 Å². The topological polar surface area (TPSA) is 75.6 Å². The number of methoxy groups -OCH3 is 1. The molecule has 0 spiro atoms. The maximum absolute atomic E-state index is 12.1. The van der Waals surface area contributed by atoms with E-state index in [-0.39, 0.29) is 22.2 Å². The minimum absolute atomic E-state index is 0.0128. The van der Waals surface area contributed by atoms with Gasteiger partial charge in [0, 0.05) is 12.1 Å². The zero-order valence-electron chi connectivity index (χ0n) is 12.0. The predicted octanol–water partition coefficient (Wildman–Crippen LogP) is 3.23.